The van der Waals surface area contributed by atoms with Crippen LogP contribution in [0.1, 0.15) is 39.0 Å². The lowest BCUT2D eigenvalue weighted by Crippen LogP contribution is -2.53. The summed E-state index contributed by atoms with van der Waals surface area (Å²) in [5.41, 5.74) is 0. The van der Waals surface area contributed by atoms with Gasteiger partial charge in [-0.1, -0.05) is 12.8 Å². The molecule has 2 heterocycles. The van der Waals surface area contributed by atoms with E-state index in [9.17, 15) is 4.79 Å². The highest BCUT2D eigenvalue weighted by molar-refractivity contribution is 14.0. The average molecular weight is 504 g/mol. The summed E-state index contributed by atoms with van der Waals surface area (Å²) < 4.78 is 4.65. The number of methoxy groups -OCH3 is 1. The minimum Gasteiger partial charge on any atom is -0.469 e. The minimum atomic E-state index is -0.123. The number of hydrogen-bond acceptors (Lipinski definition) is 6. The maximum atomic E-state index is 11.1. The Labute approximate surface area is 185 Å². The number of unbranched alkanes of at least 4 members (excludes halogenated alkanes) is 3. The molecule has 158 valence electrons. The molecule has 28 heavy (non-hydrogen) atoms. The number of hydrogen-bond donors (Lipinski definition) is 1. The number of ether oxygens (including phenoxy) is 1. The van der Waals surface area contributed by atoms with Gasteiger partial charge in [-0.25, -0.2) is 9.97 Å². The molecule has 0 amide bonds. The van der Waals surface area contributed by atoms with E-state index in [0.29, 0.717) is 6.42 Å². The molecule has 1 aromatic rings. The van der Waals surface area contributed by atoms with Gasteiger partial charge in [-0.05, 0) is 25.8 Å². The third-order valence-corrected chi connectivity index (χ3v) is 4.53. The van der Waals surface area contributed by atoms with E-state index in [4.69, 9.17) is 4.99 Å². The first-order valence-electron chi connectivity index (χ1n) is 9.86. The molecular formula is C19H33IN6O2. The van der Waals surface area contributed by atoms with E-state index in [1.54, 1.807) is 12.4 Å². The van der Waals surface area contributed by atoms with Crippen molar-refractivity contribution in [2.45, 2.75) is 39.0 Å². The lowest BCUT2D eigenvalue weighted by atomic mass is 10.1. The molecule has 0 atom stereocenters. The second kappa shape index (κ2) is 14.4. The first kappa shape index (κ1) is 24.4. The Morgan fingerprint density at radius 2 is 1.82 bits per heavy atom. The summed E-state index contributed by atoms with van der Waals surface area (Å²) in [6, 6.07) is 1.84. The van der Waals surface area contributed by atoms with Crippen molar-refractivity contribution in [2.24, 2.45) is 4.99 Å². The highest BCUT2D eigenvalue weighted by Crippen LogP contribution is 2.10. The summed E-state index contributed by atoms with van der Waals surface area (Å²) in [5.74, 6) is 1.66. The number of esters is 1. The summed E-state index contributed by atoms with van der Waals surface area (Å²) >= 11 is 0. The van der Waals surface area contributed by atoms with E-state index in [-0.39, 0.29) is 29.9 Å². The second-order valence-electron chi connectivity index (χ2n) is 6.50. The Balaban J connectivity index is 0.00000392. The molecule has 1 aliphatic heterocycles. The number of carbonyl (C=O) groups is 1. The number of carbonyl (C=O) groups excluding carboxylic acids is 1. The maximum absolute atomic E-state index is 11.1. The molecule has 0 unspecified atom stereocenters. The van der Waals surface area contributed by atoms with Crippen LogP contribution in [0.25, 0.3) is 0 Å². The van der Waals surface area contributed by atoms with Gasteiger partial charge >= 0.3 is 5.97 Å². The predicted molar refractivity (Wildman–Crippen MR) is 122 cm³/mol. The van der Waals surface area contributed by atoms with Crippen molar-refractivity contribution in [3.05, 3.63) is 18.5 Å². The van der Waals surface area contributed by atoms with E-state index in [0.717, 1.165) is 76.9 Å². The molecule has 0 bridgehead atoms. The molecule has 0 spiro atoms. The molecule has 0 aliphatic carbocycles. The normalized spacial score (nSPS) is 14.4. The van der Waals surface area contributed by atoms with Crippen molar-refractivity contribution in [1.82, 2.24) is 20.2 Å². The third-order valence-electron chi connectivity index (χ3n) is 4.53. The predicted octanol–water partition coefficient (Wildman–Crippen LogP) is 2.31. The van der Waals surface area contributed by atoms with Crippen LogP contribution in [0.5, 0.6) is 0 Å². The largest absolute Gasteiger partial charge is 0.469 e. The summed E-state index contributed by atoms with van der Waals surface area (Å²) in [4.78, 5) is 29.0. The number of anilines is 1. The lowest BCUT2D eigenvalue weighted by Gasteiger charge is -2.36. The van der Waals surface area contributed by atoms with Gasteiger partial charge in [0.05, 0.1) is 7.11 Å². The van der Waals surface area contributed by atoms with Crippen LogP contribution in [-0.2, 0) is 9.53 Å². The molecule has 9 heteroatoms. The molecular weight excluding hydrogens is 471 g/mol. The quantitative estimate of drug-likeness (QED) is 0.182. The van der Waals surface area contributed by atoms with Crippen molar-refractivity contribution in [3.8, 4) is 0 Å². The van der Waals surface area contributed by atoms with Crippen molar-refractivity contribution in [1.29, 1.82) is 0 Å². The minimum absolute atomic E-state index is 0. The molecule has 1 fully saturated rings. The Kier molecular flexibility index (Phi) is 12.5. The monoisotopic (exact) mass is 504 g/mol. The number of rotatable bonds is 9. The van der Waals surface area contributed by atoms with Gasteiger partial charge in [0.1, 0.15) is 0 Å². The van der Waals surface area contributed by atoms with Crippen molar-refractivity contribution in [2.75, 3.05) is 51.3 Å². The highest BCUT2D eigenvalue weighted by atomic mass is 127. The van der Waals surface area contributed by atoms with Crippen LogP contribution in [0.4, 0.5) is 5.95 Å². The number of nitrogens with one attached hydrogen (secondary N) is 1. The number of aromatic nitrogens is 2. The van der Waals surface area contributed by atoms with Crippen LogP contribution in [-0.4, -0.2) is 73.2 Å². The van der Waals surface area contributed by atoms with Crippen LogP contribution in [0.15, 0.2) is 23.5 Å². The van der Waals surface area contributed by atoms with Gasteiger partial charge in [0.15, 0.2) is 5.96 Å². The lowest BCUT2D eigenvalue weighted by molar-refractivity contribution is -0.140. The van der Waals surface area contributed by atoms with Crippen molar-refractivity contribution >= 4 is 41.9 Å². The Hall–Kier alpha value is -1.65. The van der Waals surface area contributed by atoms with E-state index >= 15 is 0 Å². The van der Waals surface area contributed by atoms with Gasteiger partial charge in [0, 0.05) is 58.1 Å². The Morgan fingerprint density at radius 1 is 1.14 bits per heavy atom. The average Bonchev–Trinajstić information content (AvgIpc) is 2.73. The van der Waals surface area contributed by atoms with Crippen LogP contribution in [0.3, 0.4) is 0 Å². The number of halogens is 1. The zero-order valence-electron chi connectivity index (χ0n) is 17.0. The first-order valence-corrected chi connectivity index (χ1v) is 9.86. The first-order chi connectivity index (χ1) is 13.2. The molecule has 1 aromatic heterocycles. The molecule has 8 nitrogen and oxygen atoms in total. The van der Waals surface area contributed by atoms with Gasteiger partial charge in [-0.2, -0.15) is 0 Å². The van der Waals surface area contributed by atoms with Gasteiger partial charge in [-0.15, -0.1) is 24.0 Å². The Bertz CT molecular complexity index is 579. The van der Waals surface area contributed by atoms with Crippen molar-refractivity contribution < 1.29 is 9.53 Å². The van der Waals surface area contributed by atoms with Crippen molar-refractivity contribution in [3.63, 3.8) is 0 Å². The van der Waals surface area contributed by atoms with Gasteiger partial charge in [-0.3, -0.25) is 9.79 Å². The Morgan fingerprint density at radius 3 is 2.46 bits per heavy atom. The number of nitrogens with zero attached hydrogens (tertiary/aromatic N) is 5. The summed E-state index contributed by atoms with van der Waals surface area (Å²) in [6.45, 7) is 7.36. The number of piperazine rings is 1. The number of aliphatic imine (C=N–C) groups is 1. The van der Waals surface area contributed by atoms with Gasteiger partial charge in [0.2, 0.25) is 5.95 Å². The van der Waals surface area contributed by atoms with Crippen LogP contribution >= 0.6 is 24.0 Å². The fourth-order valence-electron chi connectivity index (χ4n) is 3.02. The molecule has 1 saturated heterocycles. The molecule has 0 aromatic carbocycles. The highest BCUT2D eigenvalue weighted by Gasteiger charge is 2.20. The smallest absolute Gasteiger partial charge is 0.305 e. The fraction of sp³-hybridized carbons (Fsp3) is 0.684. The number of guanidine groups is 1. The molecule has 0 radical (unpaired) electrons. The second-order valence-corrected chi connectivity index (χ2v) is 6.50. The van der Waals surface area contributed by atoms with Crippen LogP contribution in [0, 0.1) is 0 Å². The summed E-state index contributed by atoms with van der Waals surface area (Å²) in [7, 11) is 1.44. The van der Waals surface area contributed by atoms with Gasteiger partial charge in [0.25, 0.3) is 0 Å². The van der Waals surface area contributed by atoms with Crippen LogP contribution in [0.2, 0.25) is 0 Å². The van der Waals surface area contributed by atoms with E-state index in [1.807, 2.05) is 6.07 Å². The molecule has 1 N–H and O–H groups in total. The van der Waals surface area contributed by atoms with E-state index in [1.165, 1.54) is 7.11 Å². The zero-order valence-corrected chi connectivity index (χ0v) is 19.3. The SMILES string of the molecule is CCNC(=NCCCCCCC(=O)OC)N1CCN(c2ncccn2)CC1.I. The topological polar surface area (TPSA) is 83.0 Å². The zero-order chi connectivity index (χ0) is 19.3. The van der Waals surface area contributed by atoms with Gasteiger partial charge < -0.3 is 19.9 Å². The van der Waals surface area contributed by atoms with E-state index < -0.39 is 0 Å². The molecule has 1 aliphatic rings. The molecule has 2 rings (SSSR count). The maximum Gasteiger partial charge on any atom is 0.305 e. The summed E-state index contributed by atoms with van der Waals surface area (Å²) in [6.07, 6.45) is 8.12. The third kappa shape index (κ3) is 8.57. The standard InChI is InChI=1S/C19H32N6O2.HI/c1-3-20-18(21-10-7-5-4-6-9-17(26)27-2)24-13-15-25(16-14-24)19-22-11-8-12-23-19;/h8,11-12H,3-7,9-10,13-16H2,1-2H3,(H,20,21);1H. The van der Waals surface area contributed by atoms with Crippen LogP contribution < -0.4 is 10.2 Å². The molecule has 0 saturated carbocycles. The summed E-state index contributed by atoms with van der Waals surface area (Å²) in [5, 5.41) is 3.40. The van der Waals surface area contributed by atoms with E-state index in [2.05, 4.69) is 36.7 Å². The fourth-order valence-corrected chi connectivity index (χ4v) is 3.02.